The Morgan fingerprint density at radius 2 is 1.36 bits per heavy atom. The van der Waals surface area contributed by atoms with Crippen LogP contribution in [0.3, 0.4) is 0 Å². The summed E-state index contributed by atoms with van der Waals surface area (Å²) < 4.78 is 0. The number of hydrogen-bond acceptors (Lipinski definition) is 3. The molecule has 0 atom stereocenters. The standard InChI is InChI=1S/C21H19N3O/c1-15(23-24-21(25)19-11-13-20(22)14-12-19)16-7-9-18(10-8-16)17-5-3-2-4-6-17/h2-14H,22H2,1H3,(H,24,25)/b23-15+. The van der Waals surface area contributed by atoms with E-state index in [1.807, 2.05) is 49.4 Å². The second-order valence-corrected chi connectivity index (χ2v) is 5.70. The molecule has 0 saturated carbocycles. The number of carbonyl (C=O) groups is 1. The van der Waals surface area contributed by atoms with Crippen LogP contribution in [0.4, 0.5) is 5.69 Å². The lowest BCUT2D eigenvalue weighted by atomic mass is 10.0. The van der Waals surface area contributed by atoms with Gasteiger partial charge in [-0.1, -0.05) is 54.6 Å². The maximum atomic E-state index is 12.1. The zero-order valence-corrected chi connectivity index (χ0v) is 13.9. The van der Waals surface area contributed by atoms with E-state index in [2.05, 4.69) is 22.7 Å². The number of carbonyl (C=O) groups excluding carboxylic acids is 1. The van der Waals surface area contributed by atoms with Crippen molar-refractivity contribution in [1.82, 2.24) is 5.43 Å². The van der Waals surface area contributed by atoms with Gasteiger partial charge in [-0.3, -0.25) is 4.79 Å². The zero-order valence-electron chi connectivity index (χ0n) is 13.9. The van der Waals surface area contributed by atoms with Gasteiger partial charge in [-0.15, -0.1) is 0 Å². The van der Waals surface area contributed by atoms with Crippen molar-refractivity contribution in [2.24, 2.45) is 5.10 Å². The van der Waals surface area contributed by atoms with Crippen LogP contribution in [0.25, 0.3) is 11.1 Å². The second-order valence-electron chi connectivity index (χ2n) is 5.70. The smallest absolute Gasteiger partial charge is 0.271 e. The Morgan fingerprint density at radius 1 is 0.800 bits per heavy atom. The highest BCUT2D eigenvalue weighted by molar-refractivity contribution is 6.01. The fraction of sp³-hybridized carbons (Fsp3) is 0.0476. The van der Waals surface area contributed by atoms with Gasteiger partial charge in [0.25, 0.3) is 5.91 Å². The van der Waals surface area contributed by atoms with E-state index in [-0.39, 0.29) is 5.91 Å². The molecule has 0 saturated heterocycles. The molecule has 1 amide bonds. The predicted octanol–water partition coefficient (Wildman–Crippen LogP) is 4.09. The topological polar surface area (TPSA) is 67.5 Å². The van der Waals surface area contributed by atoms with Crippen LogP contribution in [-0.2, 0) is 0 Å². The SMILES string of the molecule is C/C(=N\NC(=O)c1ccc(N)cc1)c1ccc(-c2ccccc2)cc1. The van der Waals surface area contributed by atoms with Crippen molar-refractivity contribution in [3.63, 3.8) is 0 Å². The molecule has 0 spiro atoms. The highest BCUT2D eigenvalue weighted by Crippen LogP contribution is 2.19. The van der Waals surface area contributed by atoms with Gasteiger partial charge in [-0.05, 0) is 47.9 Å². The third-order valence-corrected chi connectivity index (χ3v) is 3.91. The maximum Gasteiger partial charge on any atom is 0.271 e. The Hall–Kier alpha value is -3.40. The minimum absolute atomic E-state index is 0.264. The van der Waals surface area contributed by atoms with Crippen LogP contribution in [-0.4, -0.2) is 11.6 Å². The van der Waals surface area contributed by atoms with Gasteiger partial charge in [0.1, 0.15) is 0 Å². The zero-order chi connectivity index (χ0) is 17.6. The average Bonchev–Trinajstić information content (AvgIpc) is 2.67. The van der Waals surface area contributed by atoms with Crippen LogP contribution in [0.1, 0.15) is 22.8 Å². The van der Waals surface area contributed by atoms with E-state index >= 15 is 0 Å². The molecule has 0 aliphatic heterocycles. The van der Waals surface area contributed by atoms with Crippen LogP contribution < -0.4 is 11.2 Å². The van der Waals surface area contributed by atoms with Gasteiger partial charge in [0, 0.05) is 11.3 Å². The minimum Gasteiger partial charge on any atom is -0.399 e. The number of nitrogens with one attached hydrogen (secondary N) is 1. The molecule has 25 heavy (non-hydrogen) atoms. The van der Waals surface area contributed by atoms with E-state index in [0.29, 0.717) is 11.3 Å². The molecule has 0 heterocycles. The lowest BCUT2D eigenvalue weighted by Crippen LogP contribution is -2.19. The number of anilines is 1. The van der Waals surface area contributed by atoms with Gasteiger partial charge < -0.3 is 5.73 Å². The summed E-state index contributed by atoms with van der Waals surface area (Å²) in [5.41, 5.74) is 13.3. The Kier molecular flexibility index (Phi) is 4.90. The Labute approximate surface area is 147 Å². The summed E-state index contributed by atoms with van der Waals surface area (Å²) in [6.07, 6.45) is 0. The molecular formula is C21H19N3O. The van der Waals surface area contributed by atoms with Crippen molar-refractivity contribution in [2.45, 2.75) is 6.92 Å². The molecule has 4 nitrogen and oxygen atoms in total. The molecule has 4 heteroatoms. The van der Waals surface area contributed by atoms with E-state index in [0.717, 1.165) is 16.8 Å². The minimum atomic E-state index is -0.264. The van der Waals surface area contributed by atoms with E-state index in [1.54, 1.807) is 24.3 Å². The number of hydrazone groups is 1. The van der Waals surface area contributed by atoms with Crippen LogP contribution in [0.15, 0.2) is 84.0 Å². The number of nitrogens with zero attached hydrogens (tertiary/aromatic N) is 1. The summed E-state index contributed by atoms with van der Waals surface area (Å²) in [5.74, 6) is -0.264. The molecule has 124 valence electrons. The Bertz CT molecular complexity index is 883. The predicted molar refractivity (Wildman–Crippen MR) is 102 cm³/mol. The molecule has 3 rings (SSSR count). The van der Waals surface area contributed by atoms with Crippen molar-refractivity contribution in [3.05, 3.63) is 90.0 Å². The molecule has 0 aliphatic rings. The van der Waals surface area contributed by atoms with Crippen LogP contribution in [0, 0.1) is 0 Å². The van der Waals surface area contributed by atoms with Crippen LogP contribution in [0.5, 0.6) is 0 Å². The fourth-order valence-corrected chi connectivity index (χ4v) is 2.43. The fourth-order valence-electron chi connectivity index (χ4n) is 2.43. The molecule has 0 bridgehead atoms. The molecule has 0 aliphatic carbocycles. The van der Waals surface area contributed by atoms with Gasteiger partial charge in [-0.25, -0.2) is 5.43 Å². The molecule has 0 unspecified atom stereocenters. The Balaban J connectivity index is 1.70. The van der Waals surface area contributed by atoms with E-state index in [9.17, 15) is 4.79 Å². The lowest BCUT2D eigenvalue weighted by Gasteiger charge is -2.05. The summed E-state index contributed by atoms with van der Waals surface area (Å²) in [5, 5.41) is 4.18. The van der Waals surface area contributed by atoms with E-state index < -0.39 is 0 Å². The molecule has 3 N–H and O–H groups in total. The van der Waals surface area contributed by atoms with Crippen molar-refractivity contribution >= 4 is 17.3 Å². The summed E-state index contributed by atoms with van der Waals surface area (Å²) in [4.78, 5) is 12.1. The van der Waals surface area contributed by atoms with E-state index in [1.165, 1.54) is 5.56 Å². The quantitative estimate of drug-likeness (QED) is 0.430. The summed E-state index contributed by atoms with van der Waals surface area (Å²) in [6.45, 7) is 1.86. The van der Waals surface area contributed by atoms with Gasteiger partial charge in [0.2, 0.25) is 0 Å². The first kappa shape index (κ1) is 16.5. The third kappa shape index (κ3) is 4.12. The average molecular weight is 329 g/mol. The van der Waals surface area contributed by atoms with Crippen molar-refractivity contribution in [3.8, 4) is 11.1 Å². The molecule has 0 aromatic heterocycles. The summed E-state index contributed by atoms with van der Waals surface area (Å²) in [7, 11) is 0. The summed E-state index contributed by atoms with van der Waals surface area (Å²) >= 11 is 0. The normalized spacial score (nSPS) is 11.2. The number of benzene rings is 3. The maximum absolute atomic E-state index is 12.1. The van der Waals surface area contributed by atoms with E-state index in [4.69, 9.17) is 5.73 Å². The number of hydrogen-bond donors (Lipinski definition) is 2. The number of amides is 1. The van der Waals surface area contributed by atoms with Gasteiger partial charge in [0.15, 0.2) is 0 Å². The van der Waals surface area contributed by atoms with Gasteiger partial charge >= 0.3 is 0 Å². The monoisotopic (exact) mass is 329 g/mol. The molecular weight excluding hydrogens is 310 g/mol. The molecule has 0 radical (unpaired) electrons. The summed E-state index contributed by atoms with van der Waals surface area (Å²) in [6, 6.07) is 25.0. The van der Waals surface area contributed by atoms with Crippen molar-refractivity contribution in [1.29, 1.82) is 0 Å². The lowest BCUT2D eigenvalue weighted by molar-refractivity contribution is 0.0955. The first-order chi connectivity index (χ1) is 12.1. The Morgan fingerprint density at radius 3 is 2.00 bits per heavy atom. The van der Waals surface area contributed by atoms with Crippen molar-refractivity contribution in [2.75, 3.05) is 5.73 Å². The second kappa shape index (κ2) is 7.45. The molecule has 3 aromatic carbocycles. The molecule has 0 fully saturated rings. The number of rotatable bonds is 4. The molecule has 3 aromatic rings. The van der Waals surface area contributed by atoms with Crippen LogP contribution in [0.2, 0.25) is 0 Å². The number of nitrogen functional groups attached to an aromatic ring is 1. The first-order valence-corrected chi connectivity index (χ1v) is 7.99. The largest absolute Gasteiger partial charge is 0.399 e. The highest BCUT2D eigenvalue weighted by Gasteiger charge is 2.05. The third-order valence-electron chi connectivity index (χ3n) is 3.91. The van der Waals surface area contributed by atoms with Crippen molar-refractivity contribution < 1.29 is 4.79 Å². The van der Waals surface area contributed by atoms with Gasteiger partial charge in [0.05, 0.1) is 5.71 Å². The first-order valence-electron chi connectivity index (χ1n) is 7.99. The van der Waals surface area contributed by atoms with Gasteiger partial charge in [-0.2, -0.15) is 5.10 Å². The van der Waals surface area contributed by atoms with Crippen LogP contribution >= 0.6 is 0 Å². The number of nitrogens with two attached hydrogens (primary N) is 1. The highest BCUT2D eigenvalue weighted by atomic mass is 16.2.